The number of unbranched alkanes of at least 4 members (excludes halogenated alkanes) is 2. The Morgan fingerprint density at radius 2 is 2.29 bits per heavy atom. The number of fused-ring (bicyclic) bond motifs is 1. The zero-order valence-electron chi connectivity index (χ0n) is 15.1. The third kappa shape index (κ3) is 4.02. The van der Waals surface area contributed by atoms with Crippen molar-refractivity contribution in [3.8, 4) is 0 Å². The highest BCUT2D eigenvalue weighted by Crippen LogP contribution is 2.36. The van der Waals surface area contributed by atoms with Gasteiger partial charge in [-0.25, -0.2) is 9.37 Å². The van der Waals surface area contributed by atoms with Crippen LogP contribution in [0.15, 0.2) is 6.33 Å². The van der Waals surface area contributed by atoms with Crippen LogP contribution in [0, 0.1) is 0 Å². The molecule has 3 N–H and O–H groups in total. The molecule has 1 saturated heterocycles. The van der Waals surface area contributed by atoms with E-state index in [-0.39, 0.29) is 35.3 Å². The van der Waals surface area contributed by atoms with Gasteiger partial charge in [0.15, 0.2) is 30.0 Å². The number of nitrogens with two attached hydrogens (primary N) is 1. The zero-order valence-corrected chi connectivity index (χ0v) is 15.8. The fourth-order valence-corrected chi connectivity index (χ4v) is 3.20. The third-order valence-corrected chi connectivity index (χ3v) is 4.58. The van der Waals surface area contributed by atoms with Gasteiger partial charge in [0.25, 0.3) is 6.47 Å². The zero-order chi connectivity index (χ0) is 20.3. The minimum atomic E-state index is -1.87. The Morgan fingerprint density at radius 1 is 1.50 bits per heavy atom. The van der Waals surface area contributed by atoms with Gasteiger partial charge in [-0.3, -0.25) is 9.36 Å². The minimum absolute atomic E-state index is 0.0284. The van der Waals surface area contributed by atoms with Crippen molar-refractivity contribution in [1.82, 2.24) is 19.5 Å². The number of nitrogen functional groups attached to an aromatic ring is 1. The number of ether oxygens (including phenoxy) is 3. The van der Waals surface area contributed by atoms with Crippen LogP contribution >= 0.6 is 11.6 Å². The Balaban J connectivity index is 1.82. The van der Waals surface area contributed by atoms with Gasteiger partial charge in [0, 0.05) is 0 Å². The van der Waals surface area contributed by atoms with E-state index in [9.17, 15) is 14.3 Å². The molecule has 3 heterocycles. The lowest BCUT2D eigenvalue weighted by Crippen LogP contribution is -2.40. The molecule has 0 aromatic carbocycles. The third-order valence-electron chi connectivity index (χ3n) is 4.42. The van der Waals surface area contributed by atoms with Crippen LogP contribution in [-0.2, 0) is 19.0 Å². The quantitative estimate of drug-likeness (QED) is 0.268. The maximum Gasteiger partial charge on any atom is 0.295 e. The summed E-state index contributed by atoms with van der Waals surface area (Å²) >= 11 is 5.82. The topological polar surface area (TPSA) is 135 Å². The number of carbonyl (C=O) groups excluding carboxylic acids is 1. The van der Waals surface area contributed by atoms with E-state index in [1.807, 2.05) is 6.92 Å². The number of aliphatic hydroxyl groups excluding tert-OH is 1. The number of aromatic nitrogens is 4. The van der Waals surface area contributed by atoms with Crippen molar-refractivity contribution in [2.24, 2.45) is 0 Å². The number of hydrogen-bond acceptors (Lipinski definition) is 9. The van der Waals surface area contributed by atoms with E-state index in [2.05, 4.69) is 15.0 Å². The highest BCUT2D eigenvalue weighted by Gasteiger charge is 2.50. The molecule has 1 aliphatic rings. The molecule has 28 heavy (non-hydrogen) atoms. The van der Waals surface area contributed by atoms with Gasteiger partial charge in [-0.15, -0.1) is 0 Å². The number of imidazole rings is 1. The fraction of sp³-hybridized carbons (Fsp3) is 0.625. The van der Waals surface area contributed by atoms with E-state index in [0.29, 0.717) is 0 Å². The van der Waals surface area contributed by atoms with Crippen LogP contribution in [0.1, 0.15) is 32.4 Å². The summed E-state index contributed by atoms with van der Waals surface area (Å²) in [5.41, 5.74) is 6.12. The number of nitrogens with zero attached hydrogens (tertiary/aromatic N) is 4. The van der Waals surface area contributed by atoms with E-state index in [1.165, 1.54) is 10.9 Å². The molecule has 0 aliphatic carbocycles. The first kappa shape index (κ1) is 20.6. The van der Waals surface area contributed by atoms with Crippen LogP contribution < -0.4 is 5.73 Å². The lowest BCUT2D eigenvalue weighted by Gasteiger charge is -2.24. The van der Waals surface area contributed by atoms with E-state index in [1.54, 1.807) is 0 Å². The first-order valence-corrected chi connectivity index (χ1v) is 9.19. The van der Waals surface area contributed by atoms with Crippen molar-refractivity contribution in [3.05, 3.63) is 11.6 Å². The number of aliphatic hydroxyl groups is 1. The molecule has 10 nitrogen and oxygen atoms in total. The first-order valence-electron chi connectivity index (χ1n) is 8.81. The predicted octanol–water partition coefficient (Wildman–Crippen LogP) is 1.36. The van der Waals surface area contributed by atoms with Gasteiger partial charge in [0.05, 0.1) is 12.9 Å². The summed E-state index contributed by atoms with van der Waals surface area (Å²) in [4.78, 5) is 22.7. The smallest absolute Gasteiger partial charge is 0.295 e. The van der Waals surface area contributed by atoms with Crippen molar-refractivity contribution in [1.29, 1.82) is 0 Å². The molecule has 0 spiro atoms. The summed E-state index contributed by atoms with van der Waals surface area (Å²) in [6.45, 7) is 2.47. The van der Waals surface area contributed by atoms with E-state index < -0.39 is 30.9 Å². The largest absolute Gasteiger partial charge is 0.435 e. The Kier molecular flexibility index (Phi) is 6.60. The Bertz CT molecular complexity index is 824. The molecule has 1 fully saturated rings. The van der Waals surface area contributed by atoms with Crippen LogP contribution in [0.5, 0.6) is 0 Å². The lowest BCUT2D eigenvalue weighted by atomic mass is 10.1. The average Bonchev–Trinajstić information content (AvgIpc) is 3.20. The summed E-state index contributed by atoms with van der Waals surface area (Å²) in [7, 11) is 0. The van der Waals surface area contributed by atoms with E-state index in [4.69, 9.17) is 31.5 Å². The maximum atomic E-state index is 14.8. The van der Waals surface area contributed by atoms with Crippen molar-refractivity contribution in [2.45, 2.75) is 57.1 Å². The van der Waals surface area contributed by atoms with Gasteiger partial charge < -0.3 is 25.1 Å². The standard InChI is InChI=1S/C16H21ClFN5O5/c1-2-3-4-5-26-15(27-7-24)11-10(25)8(18)14(28-11)23-6-20-9-12(19)21-16(17)22-13(9)23/h6-8,10-11,14-15,25H,2-5H2,1H3,(H2,19,21,22)/t8-,10-,11+,14+,15?/m0/s1. The molecule has 154 valence electrons. The van der Waals surface area contributed by atoms with Gasteiger partial charge in [0.1, 0.15) is 11.6 Å². The first-order chi connectivity index (χ1) is 13.5. The van der Waals surface area contributed by atoms with Crippen LogP contribution in [-0.4, -0.2) is 62.4 Å². The van der Waals surface area contributed by atoms with Gasteiger partial charge >= 0.3 is 0 Å². The lowest BCUT2D eigenvalue weighted by molar-refractivity contribution is -0.211. The molecule has 0 amide bonds. The normalized spacial score (nSPS) is 25.9. The van der Waals surface area contributed by atoms with Gasteiger partial charge in [-0.1, -0.05) is 19.8 Å². The molecular weight excluding hydrogens is 397 g/mol. The molecule has 2 aromatic rings. The van der Waals surface area contributed by atoms with Gasteiger partial charge in [-0.05, 0) is 18.0 Å². The number of carbonyl (C=O) groups is 1. The van der Waals surface area contributed by atoms with Crippen LogP contribution in [0.4, 0.5) is 10.2 Å². The molecule has 2 aromatic heterocycles. The van der Waals surface area contributed by atoms with Crippen molar-refractivity contribution >= 4 is 35.1 Å². The molecule has 0 saturated carbocycles. The summed E-state index contributed by atoms with van der Waals surface area (Å²) in [6.07, 6.45) is -3.39. The average molecular weight is 418 g/mol. The monoisotopic (exact) mass is 417 g/mol. The number of alkyl halides is 1. The van der Waals surface area contributed by atoms with E-state index >= 15 is 0 Å². The number of anilines is 1. The van der Waals surface area contributed by atoms with Crippen molar-refractivity contribution in [2.75, 3.05) is 12.3 Å². The Labute approximate surface area is 164 Å². The minimum Gasteiger partial charge on any atom is -0.435 e. The Morgan fingerprint density at radius 3 is 3.00 bits per heavy atom. The SMILES string of the molecule is CCCCCOC(OC=O)[C@@H]1O[C@@H](n2cnc3c(N)nc(Cl)nc32)[C@@H](F)[C@@H]1O. The van der Waals surface area contributed by atoms with Gasteiger partial charge in [-0.2, -0.15) is 9.97 Å². The van der Waals surface area contributed by atoms with Gasteiger partial charge in [0.2, 0.25) is 11.6 Å². The highest BCUT2D eigenvalue weighted by molar-refractivity contribution is 6.28. The van der Waals surface area contributed by atoms with Crippen molar-refractivity contribution < 1.29 is 28.5 Å². The van der Waals surface area contributed by atoms with Crippen LogP contribution in [0.2, 0.25) is 5.28 Å². The summed E-state index contributed by atoms with van der Waals surface area (Å²) in [6, 6.07) is 0. The molecule has 12 heteroatoms. The molecule has 3 rings (SSSR count). The second-order valence-electron chi connectivity index (χ2n) is 6.31. The molecule has 0 radical (unpaired) electrons. The van der Waals surface area contributed by atoms with Crippen LogP contribution in [0.3, 0.4) is 0 Å². The molecule has 1 aliphatic heterocycles. The number of halogens is 2. The van der Waals surface area contributed by atoms with E-state index in [0.717, 1.165) is 19.3 Å². The molecule has 5 atom stereocenters. The van der Waals surface area contributed by atoms with Crippen molar-refractivity contribution in [3.63, 3.8) is 0 Å². The number of hydrogen-bond donors (Lipinski definition) is 2. The second kappa shape index (κ2) is 8.95. The highest BCUT2D eigenvalue weighted by atomic mass is 35.5. The molecular formula is C16H21ClFN5O5. The van der Waals surface area contributed by atoms with Crippen LogP contribution in [0.25, 0.3) is 11.2 Å². The fourth-order valence-electron chi connectivity index (χ4n) is 3.03. The maximum absolute atomic E-state index is 14.8. The summed E-state index contributed by atoms with van der Waals surface area (Å²) < 4.78 is 32.1. The summed E-state index contributed by atoms with van der Waals surface area (Å²) in [5.74, 6) is 0.0284. The molecule has 1 unspecified atom stereocenters. The molecule has 0 bridgehead atoms. The second-order valence-corrected chi connectivity index (χ2v) is 6.64. The Hall–Kier alpha value is -2.08. The number of rotatable bonds is 9. The summed E-state index contributed by atoms with van der Waals surface area (Å²) in [5, 5.41) is 10.2. The predicted molar refractivity (Wildman–Crippen MR) is 96.0 cm³/mol.